The maximum absolute atomic E-state index is 16.8. The average Bonchev–Trinajstić information content (AvgIpc) is 3.81. The zero-order valence-electron chi connectivity index (χ0n) is 32.8. The van der Waals surface area contributed by atoms with E-state index in [1.54, 1.807) is 24.3 Å². The molecule has 0 amide bonds. The molecule has 0 spiro atoms. The molecular formula is C44H56F8O2Ti. The number of hydrogen-bond donors (Lipinski definition) is 0. The number of hydrogen-bond acceptors (Lipinski definition) is 2. The molecule has 55 heavy (non-hydrogen) atoms. The summed E-state index contributed by atoms with van der Waals surface area (Å²) in [5.74, 6) is -17.7. The molecule has 0 N–H and O–H groups in total. The summed E-state index contributed by atoms with van der Waals surface area (Å²) in [5.41, 5.74) is 0.660. The van der Waals surface area contributed by atoms with E-state index in [0.717, 1.165) is 77.0 Å². The fraction of sp³-hybridized carbons (Fsp3) is 0.545. The first-order valence-corrected chi connectivity index (χ1v) is 23.3. The Morgan fingerprint density at radius 2 is 0.727 bits per heavy atom. The molecule has 0 bridgehead atoms. The number of allylic oxidation sites excluding steroid dienone is 8. The zero-order chi connectivity index (χ0) is 40.1. The van der Waals surface area contributed by atoms with Crippen molar-refractivity contribution in [2.75, 3.05) is 13.2 Å². The summed E-state index contributed by atoms with van der Waals surface area (Å²) >= 11 is -6.05. The first-order chi connectivity index (χ1) is 26.5. The van der Waals surface area contributed by atoms with Crippen molar-refractivity contribution in [3.63, 3.8) is 0 Å². The minimum absolute atomic E-state index is 0.0893. The van der Waals surface area contributed by atoms with Crippen molar-refractivity contribution in [2.24, 2.45) is 0 Å². The Hall–Kier alpha value is -2.85. The number of ether oxygens (including phenoxy) is 2. The minimum atomic E-state index is -6.05. The SMILES string of the molecule is CCCCCCCCCCOc1c(F)c(F)[c]([Ti]([C]2=C(C)C=CC2)([C]2=C(C)C=CC2)[c]2c(F)c(F)c(OCCCCCCCCCC)c(F)c2F)c(F)c1F. The van der Waals surface area contributed by atoms with Crippen LogP contribution in [0, 0.1) is 46.5 Å². The van der Waals surface area contributed by atoms with Gasteiger partial charge in [0, 0.05) is 0 Å². The maximum atomic E-state index is 16.8. The molecule has 0 fully saturated rings. The normalized spacial score (nSPS) is 14.3. The van der Waals surface area contributed by atoms with Crippen LogP contribution in [0.15, 0.2) is 43.2 Å². The van der Waals surface area contributed by atoms with Gasteiger partial charge in [-0.1, -0.05) is 39.5 Å². The van der Waals surface area contributed by atoms with Crippen molar-refractivity contribution < 1.29 is 61.2 Å². The van der Waals surface area contributed by atoms with Gasteiger partial charge in [0.2, 0.25) is 0 Å². The standard InChI is InChI=1S/2C16H21F4O.2C6H7.Ti/c2*1-2-3-4-5-6-7-8-9-10-21-16-14(19)12(17)11-13(18)15(16)20;2*1-6-4-2-3-5-6;/h2*2-10H2,1H3;2*2,4H,3H2,1H3;. The fourth-order valence-electron chi connectivity index (χ4n) is 7.99. The van der Waals surface area contributed by atoms with Crippen LogP contribution in [0.25, 0.3) is 0 Å². The molecule has 2 aliphatic carbocycles. The van der Waals surface area contributed by atoms with Gasteiger partial charge in [-0.15, -0.1) is 0 Å². The quantitative estimate of drug-likeness (QED) is 0.0455. The molecule has 0 saturated heterocycles. The molecule has 0 aromatic heterocycles. The van der Waals surface area contributed by atoms with Crippen LogP contribution in [0.1, 0.15) is 143 Å². The third-order valence-electron chi connectivity index (χ3n) is 10.9. The Bertz CT molecular complexity index is 1580. The zero-order valence-corrected chi connectivity index (χ0v) is 34.4. The van der Waals surface area contributed by atoms with Gasteiger partial charge in [0.05, 0.1) is 0 Å². The van der Waals surface area contributed by atoms with Crippen LogP contribution < -0.4 is 17.2 Å². The van der Waals surface area contributed by atoms with E-state index in [-0.39, 0.29) is 33.8 Å². The molecule has 0 saturated carbocycles. The second-order valence-corrected chi connectivity index (χ2v) is 20.6. The van der Waals surface area contributed by atoms with Crippen molar-refractivity contribution >= 4 is 7.74 Å². The Morgan fingerprint density at radius 3 is 1.00 bits per heavy atom. The van der Waals surface area contributed by atoms with Gasteiger partial charge in [0.1, 0.15) is 0 Å². The summed E-state index contributed by atoms with van der Waals surface area (Å²) in [7, 11) is 0. The van der Waals surface area contributed by atoms with E-state index in [1.807, 2.05) is 0 Å². The Balaban J connectivity index is 1.78. The van der Waals surface area contributed by atoms with Crippen LogP contribution in [0.2, 0.25) is 0 Å². The topological polar surface area (TPSA) is 18.5 Å². The van der Waals surface area contributed by atoms with Crippen LogP contribution in [0.3, 0.4) is 0 Å². The van der Waals surface area contributed by atoms with Crippen LogP contribution in [0.5, 0.6) is 11.5 Å². The molecule has 0 aliphatic heterocycles. The van der Waals surface area contributed by atoms with Crippen LogP contribution in [0.4, 0.5) is 35.1 Å². The molecule has 4 rings (SSSR count). The average molecular weight is 817 g/mol. The summed E-state index contributed by atoms with van der Waals surface area (Å²) in [6, 6.07) is 0. The third-order valence-corrected chi connectivity index (χ3v) is 19.3. The van der Waals surface area contributed by atoms with Gasteiger partial charge in [-0.2, -0.15) is 0 Å². The van der Waals surface area contributed by atoms with Gasteiger partial charge >= 0.3 is 287 Å². The molecule has 0 heterocycles. The van der Waals surface area contributed by atoms with E-state index < -0.39 is 82.4 Å². The van der Waals surface area contributed by atoms with Gasteiger partial charge in [-0.3, -0.25) is 0 Å². The summed E-state index contributed by atoms with van der Waals surface area (Å²) in [4.78, 5) is 0. The second-order valence-electron chi connectivity index (χ2n) is 14.9. The van der Waals surface area contributed by atoms with Crippen molar-refractivity contribution in [2.45, 2.75) is 143 Å². The summed E-state index contributed by atoms with van der Waals surface area (Å²) < 4.78 is 140. The van der Waals surface area contributed by atoms with E-state index >= 15 is 35.1 Å². The van der Waals surface area contributed by atoms with Crippen LogP contribution >= 0.6 is 0 Å². The predicted molar refractivity (Wildman–Crippen MR) is 201 cm³/mol. The molecule has 2 aliphatic rings. The van der Waals surface area contributed by atoms with Crippen LogP contribution in [-0.2, 0) is 16.6 Å². The van der Waals surface area contributed by atoms with E-state index in [4.69, 9.17) is 9.47 Å². The molecule has 304 valence electrons. The second kappa shape index (κ2) is 21.6. The van der Waals surface area contributed by atoms with E-state index in [2.05, 4.69) is 13.8 Å². The first kappa shape index (κ1) is 44.9. The summed E-state index contributed by atoms with van der Waals surface area (Å²) in [5, 5.41) is 0. The Kier molecular flexibility index (Phi) is 17.6. The fourth-order valence-corrected chi connectivity index (χ4v) is 17.0. The molecule has 2 aromatic rings. The van der Waals surface area contributed by atoms with Gasteiger partial charge < -0.3 is 0 Å². The van der Waals surface area contributed by atoms with E-state index in [0.29, 0.717) is 36.8 Å². The number of unbranched alkanes of at least 4 members (excludes halogenated alkanes) is 14. The molecule has 2 nitrogen and oxygen atoms in total. The van der Waals surface area contributed by atoms with Crippen molar-refractivity contribution in [3.05, 3.63) is 89.7 Å². The number of halogens is 8. The summed E-state index contributed by atoms with van der Waals surface area (Å²) in [6.07, 6.45) is 20.7. The van der Waals surface area contributed by atoms with E-state index in [9.17, 15) is 0 Å². The predicted octanol–water partition coefficient (Wildman–Crippen LogP) is 13.4. The Labute approximate surface area is 325 Å². The number of benzene rings is 2. The van der Waals surface area contributed by atoms with Crippen molar-refractivity contribution in [1.29, 1.82) is 0 Å². The van der Waals surface area contributed by atoms with Gasteiger partial charge in [0.25, 0.3) is 0 Å². The Morgan fingerprint density at radius 1 is 0.436 bits per heavy atom. The molecule has 0 radical (unpaired) electrons. The summed E-state index contributed by atoms with van der Waals surface area (Å²) in [6.45, 7) is 6.85. The molecule has 2 aromatic carbocycles. The van der Waals surface area contributed by atoms with Crippen molar-refractivity contribution in [3.8, 4) is 11.5 Å². The molecule has 11 heteroatoms. The molecule has 0 unspecified atom stereocenters. The molecular weight excluding hydrogens is 760 g/mol. The van der Waals surface area contributed by atoms with Crippen molar-refractivity contribution in [1.82, 2.24) is 0 Å². The van der Waals surface area contributed by atoms with Gasteiger partial charge in [-0.25, -0.2) is 0 Å². The van der Waals surface area contributed by atoms with Crippen LogP contribution in [-0.4, -0.2) is 13.2 Å². The van der Waals surface area contributed by atoms with E-state index in [1.165, 1.54) is 13.8 Å². The monoisotopic (exact) mass is 816 g/mol. The first-order valence-electron chi connectivity index (χ1n) is 20.2. The third kappa shape index (κ3) is 10.0. The van der Waals surface area contributed by atoms with Gasteiger partial charge in [0.15, 0.2) is 0 Å². The van der Waals surface area contributed by atoms with Gasteiger partial charge in [-0.05, 0) is 0 Å². The molecule has 0 atom stereocenters. The number of rotatable bonds is 24.